The standard InChI is InChI=1S/C19H20N2O5S/c1-21-14-9-15(25-4)16(26-5)10-17(14)27-19(21)20-18(22)11-6-12(23-2)8-13(7-11)24-3/h6-10H,1-5H3. The minimum atomic E-state index is -0.381. The molecule has 3 aromatic rings. The van der Waals surface area contributed by atoms with Crippen molar-refractivity contribution in [2.45, 2.75) is 0 Å². The molecule has 0 saturated heterocycles. The highest BCUT2D eigenvalue weighted by molar-refractivity contribution is 7.16. The Kier molecular flexibility index (Phi) is 5.36. The molecule has 1 amide bonds. The van der Waals surface area contributed by atoms with Gasteiger partial charge >= 0.3 is 0 Å². The summed E-state index contributed by atoms with van der Waals surface area (Å²) in [6.45, 7) is 0. The molecule has 0 spiro atoms. The first-order valence-corrected chi connectivity index (χ1v) is 8.86. The zero-order valence-corrected chi connectivity index (χ0v) is 16.5. The first-order chi connectivity index (χ1) is 13.0. The van der Waals surface area contributed by atoms with Gasteiger partial charge in [-0.3, -0.25) is 4.79 Å². The van der Waals surface area contributed by atoms with Crippen LogP contribution in [-0.2, 0) is 7.05 Å². The van der Waals surface area contributed by atoms with E-state index in [1.165, 1.54) is 25.6 Å². The van der Waals surface area contributed by atoms with Gasteiger partial charge in [-0.1, -0.05) is 11.3 Å². The predicted octanol–water partition coefficient (Wildman–Crippen LogP) is 3.02. The van der Waals surface area contributed by atoms with Crippen LogP contribution in [0.3, 0.4) is 0 Å². The fourth-order valence-corrected chi connectivity index (χ4v) is 3.67. The van der Waals surface area contributed by atoms with Gasteiger partial charge in [0.05, 0.1) is 38.7 Å². The van der Waals surface area contributed by atoms with Gasteiger partial charge in [0.15, 0.2) is 16.3 Å². The minimum Gasteiger partial charge on any atom is -0.497 e. The summed E-state index contributed by atoms with van der Waals surface area (Å²) in [6.07, 6.45) is 0. The number of hydrogen-bond acceptors (Lipinski definition) is 6. The highest BCUT2D eigenvalue weighted by Crippen LogP contribution is 2.33. The number of hydrogen-bond donors (Lipinski definition) is 0. The Morgan fingerprint density at radius 2 is 1.48 bits per heavy atom. The molecule has 1 heterocycles. The number of amides is 1. The van der Waals surface area contributed by atoms with E-state index >= 15 is 0 Å². The molecule has 0 fully saturated rings. The number of thiazole rings is 1. The van der Waals surface area contributed by atoms with E-state index in [0.29, 0.717) is 33.4 Å². The monoisotopic (exact) mass is 388 g/mol. The average Bonchev–Trinajstić information content (AvgIpc) is 3.00. The smallest absolute Gasteiger partial charge is 0.279 e. The molecule has 0 aliphatic carbocycles. The summed E-state index contributed by atoms with van der Waals surface area (Å²) in [5, 5.41) is 0. The lowest BCUT2D eigenvalue weighted by molar-refractivity contribution is 0.0997. The van der Waals surface area contributed by atoms with Gasteiger partial charge in [-0.05, 0) is 12.1 Å². The molecule has 0 radical (unpaired) electrons. The molecule has 0 atom stereocenters. The van der Waals surface area contributed by atoms with Crippen LogP contribution in [0.25, 0.3) is 10.2 Å². The molecule has 0 saturated carbocycles. The van der Waals surface area contributed by atoms with Crippen LogP contribution in [0.2, 0.25) is 0 Å². The average molecular weight is 388 g/mol. The molecule has 142 valence electrons. The molecule has 8 heteroatoms. The summed E-state index contributed by atoms with van der Waals surface area (Å²) in [5.74, 6) is 1.93. The molecule has 27 heavy (non-hydrogen) atoms. The molecule has 7 nitrogen and oxygen atoms in total. The van der Waals surface area contributed by atoms with Crippen LogP contribution >= 0.6 is 11.3 Å². The molecule has 1 aromatic heterocycles. The first kappa shape index (κ1) is 18.8. The number of aryl methyl sites for hydroxylation is 1. The zero-order valence-electron chi connectivity index (χ0n) is 15.7. The Morgan fingerprint density at radius 3 is 2.04 bits per heavy atom. The van der Waals surface area contributed by atoms with Crippen molar-refractivity contribution in [3.8, 4) is 23.0 Å². The second-order valence-corrected chi connectivity index (χ2v) is 6.65. The fourth-order valence-electron chi connectivity index (χ4n) is 2.64. The van der Waals surface area contributed by atoms with E-state index in [4.69, 9.17) is 18.9 Å². The minimum absolute atomic E-state index is 0.381. The molecular weight excluding hydrogens is 368 g/mol. The normalized spacial score (nSPS) is 11.5. The van der Waals surface area contributed by atoms with Crippen LogP contribution in [0, 0.1) is 0 Å². The Bertz CT molecular complexity index is 1050. The molecule has 0 bridgehead atoms. The van der Waals surface area contributed by atoms with E-state index < -0.39 is 0 Å². The van der Waals surface area contributed by atoms with Crippen LogP contribution in [0.1, 0.15) is 10.4 Å². The predicted molar refractivity (Wildman–Crippen MR) is 103 cm³/mol. The van der Waals surface area contributed by atoms with E-state index in [0.717, 1.165) is 10.2 Å². The number of aromatic nitrogens is 1. The molecular formula is C19H20N2O5S. The molecule has 3 rings (SSSR count). The van der Waals surface area contributed by atoms with Crippen molar-refractivity contribution in [2.75, 3.05) is 28.4 Å². The zero-order chi connectivity index (χ0) is 19.6. The number of fused-ring (bicyclic) bond motifs is 1. The maximum absolute atomic E-state index is 12.7. The van der Waals surface area contributed by atoms with Crippen molar-refractivity contribution < 1.29 is 23.7 Å². The van der Waals surface area contributed by atoms with Crippen LogP contribution in [0.4, 0.5) is 0 Å². The highest BCUT2D eigenvalue weighted by Gasteiger charge is 2.13. The number of nitrogens with zero attached hydrogens (tertiary/aromatic N) is 2. The number of carbonyl (C=O) groups excluding carboxylic acids is 1. The van der Waals surface area contributed by atoms with Crippen LogP contribution < -0.4 is 23.7 Å². The number of rotatable bonds is 5. The van der Waals surface area contributed by atoms with Gasteiger partial charge in [0, 0.05) is 30.8 Å². The molecule has 0 N–H and O–H groups in total. The van der Waals surface area contributed by atoms with Gasteiger partial charge in [-0.25, -0.2) is 0 Å². The van der Waals surface area contributed by atoms with Gasteiger partial charge in [0.2, 0.25) is 0 Å². The Hall–Kier alpha value is -3.00. The van der Waals surface area contributed by atoms with E-state index in [2.05, 4.69) is 4.99 Å². The second kappa shape index (κ2) is 7.71. The lowest BCUT2D eigenvalue weighted by Crippen LogP contribution is -2.13. The largest absolute Gasteiger partial charge is 0.497 e. The number of benzene rings is 2. The summed E-state index contributed by atoms with van der Waals surface area (Å²) in [7, 11) is 8.09. The van der Waals surface area contributed by atoms with E-state index in [1.807, 2.05) is 23.7 Å². The molecule has 0 unspecified atom stereocenters. The maximum atomic E-state index is 12.7. The Balaban J connectivity index is 2.10. The fraction of sp³-hybridized carbons (Fsp3) is 0.263. The van der Waals surface area contributed by atoms with E-state index in [9.17, 15) is 4.79 Å². The number of methoxy groups -OCH3 is 4. The van der Waals surface area contributed by atoms with Crippen molar-refractivity contribution in [2.24, 2.45) is 12.0 Å². The third kappa shape index (κ3) is 3.61. The Morgan fingerprint density at radius 1 is 0.889 bits per heavy atom. The molecule has 0 aliphatic heterocycles. The third-order valence-corrected chi connectivity index (χ3v) is 5.20. The van der Waals surface area contributed by atoms with E-state index in [-0.39, 0.29) is 5.91 Å². The number of ether oxygens (including phenoxy) is 4. The number of carbonyl (C=O) groups is 1. The van der Waals surface area contributed by atoms with Gasteiger partial charge in [0.1, 0.15) is 11.5 Å². The van der Waals surface area contributed by atoms with Crippen molar-refractivity contribution in [3.05, 3.63) is 40.7 Å². The Labute approximate surface area is 160 Å². The lowest BCUT2D eigenvalue weighted by Gasteiger charge is -2.07. The molecule has 2 aromatic carbocycles. The quantitative estimate of drug-likeness (QED) is 0.672. The summed E-state index contributed by atoms with van der Waals surface area (Å²) in [4.78, 5) is 17.5. The first-order valence-electron chi connectivity index (χ1n) is 8.04. The summed E-state index contributed by atoms with van der Waals surface area (Å²) >= 11 is 1.39. The van der Waals surface area contributed by atoms with Crippen molar-refractivity contribution >= 4 is 27.5 Å². The van der Waals surface area contributed by atoms with Crippen LogP contribution in [0.15, 0.2) is 35.3 Å². The van der Waals surface area contributed by atoms with Gasteiger partial charge in [0.25, 0.3) is 5.91 Å². The summed E-state index contributed by atoms with van der Waals surface area (Å²) in [5.41, 5.74) is 1.28. The highest BCUT2D eigenvalue weighted by atomic mass is 32.1. The van der Waals surface area contributed by atoms with Gasteiger partial charge in [-0.2, -0.15) is 4.99 Å². The van der Waals surface area contributed by atoms with Gasteiger partial charge in [-0.15, -0.1) is 0 Å². The van der Waals surface area contributed by atoms with Gasteiger partial charge < -0.3 is 23.5 Å². The summed E-state index contributed by atoms with van der Waals surface area (Å²) in [6, 6.07) is 8.70. The van der Waals surface area contributed by atoms with Crippen molar-refractivity contribution in [1.82, 2.24) is 4.57 Å². The van der Waals surface area contributed by atoms with E-state index in [1.54, 1.807) is 32.4 Å². The maximum Gasteiger partial charge on any atom is 0.279 e. The van der Waals surface area contributed by atoms with Crippen molar-refractivity contribution in [1.29, 1.82) is 0 Å². The van der Waals surface area contributed by atoms with Crippen LogP contribution in [-0.4, -0.2) is 38.9 Å². The van der Waals surface area contributed by atoms with Crippen molar-refractivity contribution in [3.63, 3.8) is 0 Å². The lowest BCUT2D eigenvalue weighted by atomic mass is 10.2. The SMILES string of the molecule is COc1cc(OC)cc(C(=O)N=c2sc3cc(OC)c(OC)cc3n2C)c1. The second-order valence-electron chi connectivity index (χ2n) is 5.64. The van der Waals surface area contributed by atoms with Crippen LogP contribution in [0.5, 0.6) is 23.0 Å². The summed E-state index contributed by atoms with van der Waals surface area (Å²) < 4.78 is 23.9. The third-order valence-electron chi connectivity index (χ3n) is 4.11. The molecule has 0 aliphatic rings. The topological polar surface area (TPSA) is 71.3 Å².